The van der Waals surface area contributed by atoms with Crippen molar-refractivity contribution >= 4 is 5.91 Å². The second-order valence-corrected chi connectivity index (χ2v) is 5.67. The van der Waals surface area contributed by atoms with E-state index in [9.17, 15) is 10.1 Å². The smallest absolute Gasteiger partial charge is 0.266 e. The molecule has 1 fully saturated rings. The molecule has 0 spiro atoms. The summed E-state index contributed by atoms with van der Waals surface area (Å²) in [5, 5.41) is 12.3. The minimum Gasteiger partial charge on any atom is -0.386 e. The molecule has 0 bridgehead atoms. The van der Waals surface area contributed by atoms with Crippen LogP contribution in [-0.4, -0.2) is 48.9 Å². The highest BCUT2D eigenvalue weighted by atomic mass is 16.2. The van der Waals surface area contributed by atoms with Crippen molar-refractivity contribution in [2.45, 2.75) is 13.1 Å². The molecule has 1 aromatic carbocycles. The fraction of sp³-hybridized carbons (Fsp3) is 0.412. The van der Waals surface area contributed by atoms with Crippen molar-refractivity contribution in [2.24, 2.45) is 5.73 Å². The third-order valence-corrected chi connectivity index (χ3v) is 3.92. The van der Waals surface area contributed by atoms with Crippen LogP contribution in [0.1, 0.15) is 11.1 Å². The number of carbonyl (C=O) groups excluding carboxylic acids is 1. The van der Waals surface area contributed by atoms with E-state index in [2.05, 4.69) is 10.2 Å². The van der Waals surface area contributed by atoms with Gasteiger partial charge in [-0.2, -0.15) is 5.26 Å². The summed E-state index contributed by atoms with van der Waals surface area (Å²) in [6, 6.07) is 9.90. The molecule has 0 saturated carbocycles. The van der Waals surface area contributed by atoms with Crippen LogP contribution in [0.4, 0.5) is 0 Å². The molecule has 0 unspecified atom stereocenters. The lowest BCUT2D eigenvalue weighted by Gasteiger charge is -2.32. The summed E-state index contributed by atoms with van der Waals surface area (Å²) in [7, 11) is 2.03. The molecule has 6 heteroatoms. The zero-order chi connectivity index (χ0) is 16.7. The topological polar surface area (TPSA) is 85.4 Å². The van der Waals surface area contributed by atoms with Gasteiger partial charge >= 0.3 is 0 Å². The SMILES string of the molecule is CN1CCN(C(=O)/C(C#N)=C\NCc2cccc(CN)c2)CC1. The Labute approximate surface area is 137 Å². The van der Waals surface area contributed by atoms with E-state index in [-0.39, 0.29) is 11.5 Å². The molecule has 1 aliphatic heterocycles. The molecular weight excluding hydrogens is 290 g/mol. The van der Waals surface area contributed by atoms with Crippen LogP contribution in [0.25, 0.3) is 0 Å². The number of hydrogen-bond acceptors (Lipinski definition) is 5. The van der Waals surface area contributed by atoms with Crippen molar-refractivity contribution in [2.75, 3.05) is 33.2 Å². The van der Waals surface area contributed by atoms with E-state index in [0.717, 1.165) is 24.2 Å². The fourth-order valence-electron chi connectivity index (χ4n) is 2.46. The molecule has 3 N–H and O–H groups in total. The van der Waals surface area contributed by atoms with Gasteiger partial charge in [0.2, 0.25) is 0 Å². The summed E-state index contributed by atoms with van der Waals surface area (Å²) in [4.78, 5) is 16.2. The van der Waals surface area contributed by atoms with Gasteiger partial charge in [0, 0.05) is 45.5 Å². The van der Waals surface area contributed by atoms with Gasteiger partial charge in [0.15, 0.2) is 0 Å². The van der Waals surface area contributed by atoms with Crippen molar-refractivity contribution in [3.05, 3.63) is 47.2 Å². The third kappa shape index (κ3) is 4.81. The first-order chi connectivity index (χ1) is 11.1. The van der Waals surface area contributed by atoms with Crippen molar-refractivity contribution in [1.29, 1.82) is 5.26 Å². The molecule has 1 saturated heterocycles. The molecule has 122 valence electrons. The van der Waals surface area contributed by atoms with Crippen LogP contribution >= 0.6 is 0 Å². The van der Waals surface area contributed by atoms with Crippen molar-refractivity contribution in [3.63, 3.8) is 0 Å². The highest BCUT2D eigenvalue weighted by Gasteiger charge is 2.21. The van der Waals surface area contributed by atoms with Gasteiger partial charge < -0.3 is 20.9 Å². The molecule has 1 heterocycles. The maximum absolute atomic E-state index is 12.3. The van der Waals surface area contributed by atoms with Gasteiger partial charge in [0.05, 0.1) is 0 Å². The van der Waals surface area contributed by atoms with Crippen LogP contribution in [-0.2, 0) is 17.9 Å². The number of hydrogen-bond donors (Lipinski definition) is 2. The average molecular weight is 313 g/mol. The van der Waals surface area contributed by atoms with Gasteiger partial charge in [-0.3, -0.25) is 4.79 Å². The number of carbonyl (C=O) groups is 1. The normalized spacial score (nSPS) is 16.0. The fourth-order valence-corrected chi connectivity index (χ4v) is 2.46. The summed E-state index contributed by atoms with van der Waals surface area (Å²) >= 11 is 0. The number of nitrogens with one attached hydrogen (secondary N) is 1. The van der Waals surface area contributed by atoms with Gasteiger partial charge in [-0.25, -0.2) is 0 Å². The Hall–Kier alpha value is -2.36. The van der Waals surface area contributed by atoms with Crippen molar-refractivity contribution in [1.82, 2.24) is 15.1 Å². The van der Waals surface area contributed by atoms with Gasteiger partial charge in [-0.15, -0.1) is 0 Å². The monoisotopic (exact) mass is 313 g/mol. The van der Waals surface area contributed by atoms with Crippen LogP contribution in [0.3, 0.4) is 0 Å². The second kappa shape index (κ2) is 8.32. The number of likely N-dealkylation sites (N-methyl/N-ethyl adjacent to an activating group) is 1. The molecule has 2 rings (SSSR count). The predicted molar refractivity (Wildman–Crippen MR) is 88.9 cm³/mol. The number of nitrogens with two attached hydrogens (primary N) is 1. The summed E-state index contributed by atoms with van der Waals surface area (Å²) in [5.74, 6) is -0.205. The Morgan fingerprint density at radius 1 is 1.35 bits per heavy atom. The minimum atomic E-state index is -0.205. The number of rotatable bonds is 5. The average Bonchev–Trinajstić information content (AvgIpc) is 2.59. The quantitative estimate of drug-likeness (QED) is 0.608. The Balaban J connectivity index is 1.93. The van der Waals surface area contributed by atoms with E-state index in [0.29, 0.717) is 26.2 Å². The molecule has 6 nitrogen and oxygen atoms in total. The molecule has 0 radical (unpaired) electrons. The minimum absolute atomic E-state index is 0.143. The summed E-state index contributed by atoms with van der Waals surface area (Å²) < 4.78 is 0. The van der Waals surface area contributed by atoms with Gasteiger partial charge in [-0.1, -0.05) is 24.3 Å². The number of nitriles is 1. The second-order valence-electron chi connectivity index (χ2n) is 5.67. The molecule has 1 aromatic rings. The maximum Gasteiger partial charge on any atom is 0.266 e. The zero-order valence-corrected chi connectivity index (χ0v) is 13.5. The van der Waals surface area contributed by atoms with Crippen molar-refractivity contribution in [3.8, 4) is 6.07 Å². The van der Waals surface area contributed by atoms with Crippen LogP contribution in [0, 0.1) is 11.3 Å². The third-order valence-electron chi connectivity index (χ3n) is 3.92. The maximum atomic E-state index is 12.3. The van der Waals surface area contributed by atoms with Crippen LogP contribution in [0.5, 0.6) is 0 Å². The molecule has 1 amide bonds. The van der Waals surface area contributed by atoms with Crippen molar-refractivity contribution < 1.29 is 4.79 Å². The lowest BCUT2D eigenvalue weighted by Crippen LogP contribution is -2.47. The Morgan fingerprint density at radius 2 is 2.04 bits per heavy atom. The van der Waals surface area contributed by atoms with Gasteiger partial charge in [-0.05, 0) is 18.2 Å². The van der Waals surface area contributed by atoms with E-state index in [1.807, 2.05) is 37.4 Å². The van der Waals surface area contributed by atoms with E-state index >= 15 is 0 Å². The zero-order valence-electron chi connectivity index (χ0n) is 13.5. The predicted octanol–water partition coefficient (Wildman–Crippen LogP) is 0.416. The highest BCUT2D eigenvalue weighted by molar-refractivity contribution is 5.97. The number of nitrogens with zero attached hydrogens (tertiary/aromatic N) is 3. The molecule has 1 aliphatic rings. The largest absolute Gasteiger partial charge is 0.386 e. The van der Waals surface area contributed by atoms with E-state index in [1.54, 1.807) is 4.90 Å². The van der Waals surface area contributed by atoms with Gasteiger partial charge in [0.1, 0.15) is 11.6 Å². The number of piperazine rings is 1. The van der Waals surface area contributed by atoms with Crippen LogP contribution in [0.2, 0.25) is 0 Å². The van der Waals surface area contributed by atoms with Crippen LogP contribution < -0.4 is 11.1 Å². The Kier molecular flexibility index (Phi) is 6.15. The lowest BCUT2D eigenvalue weighted by molar-refractivity contribution is -0.128. The first kappa shape index (κ1) is 17.0. The molecule has 0 atom stereocenters. The summed E-state index contributed by atoms with van der Waals surface area (Å²) in [6.45, 7) is 4.04. The van der Waals surface area contributed by atoms with E-state index in [4.69, 9.17) is 5.73 Å². The summed E-state index contributed by atoms with van der Waals surface area (Å²) in [6.07, 6.45) is 1.51. The van der Waals surface area contributed by atoms with E-state index in [1.165, 1.54) is 6.20 Å². The van der Waals surface area contributed by atoms with E-state index < -0.39 is 0 Å². The molecule has 0 aliphatic carbocycles. The Morgan fingerprint density at radius 3 is 2.70 bits per heavy atom. The van der Waals surface area contributed by atoms with Crippen LogP contribution in [0.15, 0.2) is 36.0 Å². The lowest BCUT2D eigenvalue weighted by atomic mass is 10.1. The molecule has 23 heavy (non-hydrogen) atoms. The number of benzene rings is 1. The standard InChI is InChI=1S/C17H23N5O/c1-21-5-7-22(8-6-21)17(23)16(11-19)13-20-12-15-4-2-3-14(9-15)10-18/h2-4,9,13,20H,5-8,10,12,18H2,1H3/b16-13-. The molecule has 0 aromatic heterocycles. The molecular formula is C17H23N5O. The summed E-state index contributed by atoms with van der Waals surface area (Å²) in [5.41, 5.74) is 7.88. The first-order valence-corrected chi connectivity index (χ1v) is 7.73. The first-order valence-electron chi connectivity index (χ1n) is 7.73. The highest BCUT2D eigenvalue weighted by Crippen LogP contribution is 2.07. The van der Waals surface area contributed by atoms with Gasteiger partial charge in [0.25, 0.3) is 5.91 Å². The number of amides is 1. The Bertz CT molecular complexity index is 612.